The number of halogens is 4. The van der Waals surface area contributed by atoms with Crippen molar-refractivity contribution in [3.63, 3.8) is 0 Å². The summed E-state index contributed by atoms with van der Waals surface area (Å²) in [5, 5.41) is 2.93. The molecule has 0 aromatic heterocycles. The van der Waals surface area contributed by atoms with Crippen molar-refractivity contribution in [1.82, 2.24) is 5.32 Å². The van der Waals surface area contributed by atoms with Gasteiger partial charge in [-0.1, -0.05) is 6.07 Å². The fourth-order valence-electron chi connectivity index (χ4n) is 2.37. The molecule has 1 aliphatic heterocycles. The predicted octanol–water partition coefficient (Wildman–Crippen LogP) is 3.44. The highest BCUT2D eigenvalue weighted by molar-refractivity contribution is 5.31. The van der Waals surface area contributed by atoms with Gasteiger partial charge >= 0.3 is 6.18 Å². The second-order valence-corrected chi connectivity index (χ2v) is 4.66. The second kappa shape index (κ2) is 5.36. The maximum absolute atomic E-state index is 13.8. The van der Waals surface area contributed by atoms with E-state index in [2.05, 4.69) is 5.32 Å². The number of ether oxygens (including phenoxy) is 1. The van der Waals surface area contributed by atoms with Crippen LogP contribution in [0.15, 0.2) is 18.2 Å². The summed E-state index contributed by atoms with van der Waals surface area (Å²) in [5.74, 6) is -1.57. The van der Waals surface area contributed by atoms with E-state index >= 15 is 0 Å². The number of nitrogens with one attached hydrogen (secondary N) is 1. The Bertz CT molecular complexity index is 447. The van der Waals surface area contributed by atoms with Crippen LogP contribution in [0, 0.1) is 11.7 Å². The standard InChI is InChI=1S/C13H15F4NO/c1-19-9-2-3-10(11(14)7-9)12-6-8(4-5-18-12)13(15,16)17/h2-3,7-8,12,18H,4-6H2,1H3. The summed E-state index contributed by atoms with van der Waals surface area (Å²) >= 11 is 0. The van der Waals surface area contributed by atoms with Gasteiger partial charge in [0.25, 0.3) is 0 Å². The smallest absolute Gasteiger partial charge is 0.391 e. The molecule has 0 amide bonds. The number of piperidine rings is 1. The topological polar surface area (TPSA) is 21.3 Å². The van der Waals surface area contributed by atoms with Crippen LogP contribution in [0.2, 0.25) is 0 Å². The van der Waals surface area contributed by atoms with Crippen LogP contribution in [0.25, 0.3) is 0 Å². The van der Waals surface area contributed by atoms with E-state index in [9.17, 15) is 17.6 Å². The Labute approximate surface area is 108 Å². The number of methoxy groups -OCH3 is 1. The first-order valence-electron chi connectivity index (χ1n) is 6.05. The van der Waals surface area contributed by atoms with E-state index in [0.717, 1.165) is 0 Å². The lowest BCUT2D eigenvalue weighted by molar-refractivity contribution is -0.183. The SMILES string of the molecule is COc1ccc(C2CC(C(F)(F)F)CCN2)c(F)c1. The van der Waals surface area contributed by atoms with Crippen LogP contribution < -0.4 is 10.1 Å². The molecule has 0 bridgehead atoms. The van der Waals surface area contributed by atoms with Crippen molar-refractivity contribution in [2.24, 2.45) is 5.92 Å². The minimum absolute atomic E-state index is 0.0395. The quantitative estimate of drug-likeness (QED) is 0.836. The number of rotatable bonds is 2. The average molecular weight is 277 g/mol. The molecule has 1 aromatic rings. The third-order valence-corrected chi connectivity index (χ3v) is 3.45. The molecular weight excluding hydrogens is 262 g/mol. The van der Waals surface area contributed by atoms with Gasteiger partial charge in [-0.3, -0.25) is 0 Å². The lowest BCUT2D eigenvalue weighted by Gasteiger charge is -2.32. The highest BCUT2D eigenvalue weighted by Gasteiger charge is 2.42. The fourth-order valence-corrected chi connectivity index (χ4v) is 2.37. The molecule has 2 unspecified atom stereocenters. The molecule has 2 nitrogen and oxygen atoms in total. The fraction of sp³-hybridized carbons (Fsp3) is 0.538. The van der Waals surface area contributed by atoms with Crippen molar-refractivity contribution in [2.75, 3.05) is 13.7 Å². The maximum Gasteiger partial charge on any atom is 0.391 e. The number of alkyl halides is 3. The number of benzene rings is 1. The van der Waals surface area contributed by atoms with Crippen LogP contribution in [0.1, 0.15) is 24.4 Å². The number of hydrogen-bond acceptors (Lipinski definition) is 2. The van der Waals surface area contributed by atoms with Gasteiger partial charge in [-0.25, -0.2) is 4.39 Å². The lowest BCUT2D eigenvalue weighted by Crippen LogP contribution is -2.38. The Morgan fingerprint density at radius 3 is 2.63 bits per heavy atom. The molecule has 1 aromatic carbocycles. The molecule has 2 rings (SSSR count). The van der Waals surface area contributed by atoms with Gasteiger partial charge in [0.1, 0.15) is 11.6 Å². The van der Waals surface area contributed by atoms with Crippen molar-refractivity contribution < 1.29 is 22.3 Å². The summed E-state index contributed by atoms with van der Waals surface area (Å²) in [5.41, 5.74) is 0.259. The average Bonchev–Trinajstić information content (AvgIpc) is 2.37. The van der Waals surface area contributed by atoms with Gasteiger partial charge in [-0.15, -0.1) is 0 Å². The third kappa shape index (κ3) is 3.18. The minimum Gasteiger partial charge on any atom is -0.497 e. The molecule has 0 spiro atoms. The second-order valence-electron chi connectivity index (χ2n) is 4.66. The van der Waals surface area contributed by atoms with Crippen molar-refractivity contribution in [1.29, 1.82) is 0 Å². The first kappa shape index (κ1) is 14.1. The summed E-state index contributed by atoms with van der Waals surface area (Å²) in [6, 6.07) is 3.61. The van der Waals surface area contributed by atoms with E-state index in [1.54, 1.807) is 6.07 Å². The van der Waals surface area contributed by atoms with Gasteiger partial charge in [0.15, 0.2) is 0 Å². The van der Waals surface area contributed by atoms with Gasteiger partial charge in [-0.2, -0.15) is 13.2 Å². The highest BCUT2D eigenvalue weighted by Crippen LogP contribution is 2.39. The zero-order chi connectivity index (χ0) is 14.0. The third-order valence-electron chi connectivity index (χ3n) is 3.45. The first-order valence-corrected chi connectivity index (χ1v) is 6.05. The highest BCUT2D eigenvalue weighted by atomic mass is 19.4. The Kier molecular flexibility index (Phi) is 3.99. The van der Waals surface area contributed by atoms with Gasteiger partial charge in [0, 0.05) is 17.7 Å². The van der Waals surface area contributed by atoms with Crippen molar-refractivity contribution in [3.05, 3.63) is 29.6 Å². The molecule has 1 aliphatic rings. The van der Waals surface area contributed by atoms with Crippen molar-refractivity contribution >= 4 is 0 Å². The molecule has 0 aliphatic carbocycles. The number of hydrogen-bond donors (Lipinski definition) is 1. The Hall–Kier alpha value is -1.30. The van der Waals surface area contributed by atoms with Crippen LogP contribution in [-0.4, -0.2) is 19.8 Å². The summed E-state index contributed by atoms with van der Waals surface area (Å²) < 4.78 is 56.8. The zero-order valence-electron chi connectivity index (χ0n) is 10.4. The largest absolute Gasteiger partial charge is 0.497 e. The van der Waals surface area contributed by atoms with Crippen LogP contribution in [-0.2, 0) is 0 Å². The van der Waals surface area contributed by atoms with E-state index < -0.39 is 24.0 Å². The molecule has 0 saturated carbocycles. The molecular formula is C13H15F4NO. The minimum atomic E-state index is -4.22. The molecule has 1 N–H and O–H groups in total. The summed E-state index contributed by atoms with van der Waals surface area (Å²) in [6.45, 7) is 0.236. The summed E-state index contributed by atoms with van der Waals surface area (Å²) in [4.78, 5) is 0. The van der Waals surface area contributed by atoms with E-state index in [1.165, 1.54) is 19.2 Å². The Balaban J connectivity index is 2.17. The van der Waals surface area contributed by atoms with Crippen LogP contribution >= 0.6 is 0 Å². The predicted molar refractivity (Wildman–Crippen MR) is 62.5 cm³/mol. The van der Waals surface area contributed by atoms with Gasteiger partial charge in [0.2, 0.25) is 0 Å². The normalized spacial score (nSPS) is 24.3. The van der Waals surface area contributed by atoms with Crippen LogP contribution in [0.5, 0.6) is 5.75 Å². The van der Waals surface area contributed by atoms with E-state index in [4.69, 9.17) is 4.74 Å². The Morgan fingerprint density at radius 1 is 1.32 bits per heavy atom. The molecule has 1 heterocycles. The van der Waals surface area contributed by atoms with Crippen molar-refractivity contribution in [3.8, 4) is 5.75 Å². The van der Waals surface area contributed by atoms with E-state index in [-0.39, 0.29) is 24.9 Å². The lowest BCUT2D eigenvalue weighted by atomic mass is 9.88. The first-order chi connectivity index (χ1) is 8.91. The van der Waals surface area contributed by atoms with Gasteiger partial charge < -0.3 is 10.1 Å². The Morgan fingerprint density at radius 2 is 2.05 bits per heavy atom. The summed E-state index contributed by atoms with van der Waals surface area (Å²) in [6.07, 6.45) is -4.31. The van der Waals surface area contributed by atoms with Crippen molar-refractivity contribution in [2.45, 2.75) is 25.1 Å². The zero-order valence-corrected chi connectivity index (χ0v) is 10.4. The monoisotopic (exact) mass is 277 g/mol. The molecule has 6 heteroatoms. The van der Waals surface area contributed by atoms with E-state index in [1.807, 2.05) is 0 Å². The van der Waals surface area contributed by atoms with Gasteiger partial charge in [0.05, 0.1) is 13.0 Å². The molecule has 1 fully saturated rings. The van der Waals surface area contributed by atoms with Gasteiger partial charge in [-0.05, 0) is 25.5 Å². The molecule has 1 saturated heterocycles. The molecule has 2 atom stereocenters. The maximum atomic E-state index is 13.8. The summed E-state index contributed by atoms with van der Waals surface area (Å²) in [7, 11) is 1.41. The molecule has 106 valence electrons. The van der Waals surface area contributed by atoms with E-state index in [0.29, 0.717) is 5.75 Å². The van der Waals surface area contributed by atoms with Crippen LogP contribution in [0.3, 0.4) is 0 Å². The molecule has 0 radical (unpaired) electrons. The molecule has 19 heavy (non-hydrogen) atoms. The van der Waals surface area contributed by atoms with Crippen LogP contribution in [0.4, 0.5) is 17.6 Å².